The predicted octanol–water partition coefficient (Wildman–Crippen LogP) is 0.248. The first-order valence-electron chi connectivity index (χ1n) is 8.23. The number of ketones is 1. The molecule has 8 heteroatoms. The minimum Gasteiger partial charge on any atom is -0.492 e. The van der Waals surface area contributed by atoms with Crippen molar-refractivity contribution < 1.29 is 9.53 Å². The molecule has 0 aliphatic rings. The molecule has 2 aromatic rings. The van der Waals surface area contributed by atoms with Crippen molar-refractivity contribution in [2.75, 3.05) is 25.9 Å². The minimum absolute atomic E-state index is 0.121. The molecule has 0 spiro atoms. The molecule has 26 heavy (non-hydrogen) atoms. The van der Waals surface area contributed by atoms with Gasteiger partial charge in [-0.25, -0.2) is 4.79 Å². The first-order valence-corrected chi connectivity index (χ1v) is 8.23. The van der Waals surface area contributed by atoms with E-state index >= 15 is 0 Å². The second-order valence-corrected chi connectivity index (χ2v) is 6.15. The maximum Gasteiger partial charge on any atom is 0.332 e. The Morgan fingerprint density at radius 3 is 2.42 bits per heavy atom. The third kappa shape index (κ3) is 3.85. The van der Waals surface area contributed by atoms with E-state index < -0.39 is 23.1 Å². The number of carbonyl (C=O) groups is 1. The smallest absolute Gasteiger partial charge is 0.332 e. The topological polar surface area (TPSA) is 99.6 Å². The highest BCUT2D eigenvalue weighted by Crippen LogP contribution is 2.11. The molecule has 1 aromatic heterocycles. The van der Waals surface area contributed by atoms with Gasteiger partial charge in [0.15, 0.2) is 5.78 Å². The molecule has 1 heterocycles. The van der Waals surface area contributed by atoms with E-state index in [0.717, 1.165) is 14.9 Å². The highest BCUT2D eigenvalue weighted by molar-refractivity contribution is 6.03. The Kier molecular flexibility index (Phi) is 5.99. The first-order chi connectivity index (χ1) is 12.3. The third-order valence-corrected chi connectivity index (χ3v) is 4.45. The van der Waals surface area contributed by atoms with Crippen LogP contribution in [-0.2, 0) is 14.1 Å². The predicted molar refractivity (Wildman–Crippen MR) is 99.7 cm³/mol. The van der Waals surface area contributed by atoms with Gasteiger partial charge in [0.1, 0.15) is 23.7 Å². The second-order valence-electron chi connectivity index (χ2n) is 6.15. The zero-order valence-electron chi connectivity index (χ0n) is 15.4. The quantitative estimate of drug-likeness (QED) is 0.711. The number of para-hydroxylation sites is 1. The first kappa shape index (κ1) is 19.5. The van der Waals surface area contributed by atoms with E-state index in [2.05, 4.69) is 0 Å². The molecule has 0 unspecified atom stereocenters. The van der Waals surface area contributed by atoms with Crippen LogP contribution in [-0.4, -0.2) is 46.1 Å². The number of carbonyl (C=O) groups excluding carboxylic acids is 1. The Morgan fingerprint density at radius 1 is 1.19 bits per heavy atom. The van der Waals surface area contributed by atoms with Gasteiger partial charge >= 0.3 is 5.69 Å². The van der Waals surface area contributed by atoms with Gasteiger partial charge in [0.05, 0.1) is 6.04 Å². The molecular formula is C18H24N4O4. The average Bonchev–Trinajstić information content (AvgIpc) is 2.65. The molecule has 0 fully saturated rings. The summed E-state index contributed by atoms with van der Waals surface area (Å²) in [6.45, 7) is 2.56. The molecular weight excluding hydrogens is 336 g/mol. The zero-order chi connectivity index (χ0) is 19.4. The van der Waals surface area contributed by atoms with Gasteiger partial charge in [-0.3, -0.25) is 23.6 Å². The van der Waals surface area contributed by atoms with E-state index in [1.54, 1.807) is 18.9 Å². The summed E-state index contributed by atoms with van der Waals surface area (Å²) < 4.78 is 7.61. The van der Waals surface area contributed by atoms with Gasteiger partial charge in [0, 0.05) is 20.6 Å². The molecule has 1 aromatic carbocycles. The fourth-order valence-electron chi connectivity index (χ4n) is 2.52. The van der Waals surface area contributed by atoms with Crippen molar-refractivity contribution in [2.45, 2.75) is 13.0 Å². The summed E-state index contributed by atoms with van der Waals surface area (Å²) in [5.41, 5.74) is 4.43. The normalized spacial score (nSPS) is 12.2. The van der Waals surface area contributed by atoms with E-state index in [1.165, 1.54) is 14.1 Å². The van der Waals surface area contributed by atoms with Crippen LogP contribution in [0.15, 0.2) is 39.9 Å². The minimum atomic E-state index is -0.684. The van der Waals surface area contributed by atoms with Crippen molar-refractivity contribution in [1.82, 2.24) is 14.0 Å². The van der Waals surface area contributed by atoms with Crippen molar-refractivity contribution >= 4 is 11.6 Å². The van der Waals surface area contributed by atoms with Crippen LogP contribution in [0, 0.1) is 0 Å². The lowest BCUT2D eigenvalue weighted by molar-refractivity contribution is 0.0851. The summed E-state index contributed by atoms with van der Waals surface area (Å²) in [7, 11) is 4.51. The molecule has 8 nitrogen and oxygen atoms in total. The van der Waals surface area contributed by atoms with Crippen molar-refractivity contribution in [1.29, 1.82) is 0 Å². The van der Waals surface area contributed by atoms with Crippen molar-refractivity contribution in [3.05, 3.63) is 56.7 Å². The fraction of sp³-hybridized carbons (Fsp3) is 0.389. The standard InChI is InChI=1S/C18H24N4O4/c1-12(20(2)10-11-26-13-8-6-5-7-9-13)15(23)14-16(19)21(3)18(25)22(4)17(14)24/h5-9,12H,10-11,19H2,1-4H3/t12-/m1/s1. The van der Waals surface area contributed by atoms with Gasteiger partial charge in [-0.05, 0) is 26.1 Å². The van der Waals surface area contributed by atoms with Crippen LogP contribution in [0.25, 0.3) is 0 Å². The molecule has 2 N–H and O–H groups in total. The van der Waals surface area contributed by atoms with E-state index in [0.29, 0.717) is 13.2 Å². The molecule has 0 bridgehead atoms. The molecule has 140 valence electrons. The van der Waals surface area contributed by atoms with Crippen molar-refractivity contribution in [3.8, 4) is 5.75 Å². The fourth-order valence-corrected chi connectivity index (χ4v) is 2.52. The lowest BCUT2D eigenvalue weighted by Crippen LogP contribution is -2.46. The number of likely N-dealkylation sites (N-methyl/N-ethyl adjacent to an activating group) is 1. The van der Waals surface area contributed by atoms with Crippen LogP contribution in [0.5, 0.6) is 5.75 Å². The van der Waals surface area contributed by atoms with E-state index in [-0.39, 0.29) is 11.4 Å². The summed E-state index contributed by atoms with van der Waals surface area (Å²) in [6, 6.07) is 8.76. The SMILES string of the molecule is C[C@H](C(=O)c1c(N)n(C)c(=O)n(C)c1=O)N(C)CCOc1ccccc1. The molecule has 0 saturated heterocycles. The highest BCUT2D eigenvalue weighted by Gasteiger charge is 2.26. The van der Waals surface area contributed by atoms with Gasteiger partial charge in [-0.2, -0.15) is 0 Å². The van der Waals surface area contributed by atoms with Crippen molar-refractivity contribution in [2.24, 2.45) is 14.1 Å². The lowest BCUT2D eigenvalue weighted by Gasteiger charge is -2.24. The number of hydrogen-bond acceptors (Lipinski definition) is 6. The van der Waals surface area contributed by atoms with E-state index in [1.807, 2.05) is 30.3 Å². The summed E-state index contributed by atoms with van der Waals surface area (Å²) in [6.07, 6.45) is 0. The van der Waals surface area contributed by atoms with E-state index in [9.17, 15) is 14.4 Å². The number of benzene rings is 1. The second kappa shape index (κ2) is 8.01. The number of nitrogens with two attached hydrogens (primary N) is 1. The molecule has 0 amide bonds. The zero-order valence-corrected chi connectivity index (χ0v) is 15.4. The Hall–Kier alpha value is -2.87. The van der Waals surface area contributed by atoms with Crippen LogP contribution in [0.4, 0.5) is 5.82 Å². The monoisotopic (exact) mass is 360 g/mol. The average molecular weight is 360 g/mol. The number of Topliss-reactive ketones (excluding diaryl/α,β-unsaturated/α-hetero) is 1. The number of ether oxygens (including phenoxy) is 1. The maximum absolute atomic E-state index is 12.8. The Morgan fingerprint density at radius 2 is 1.81 bits per heavy atom. The largest absolute Gasteiger partial charge is 0.492 e. The summed E-state index contributed by atoms with van der Waals surface area (Å²) in [5, 5.41) is 0. The summed E-state index contributed by atoms with van der Waals surface area (Å²) >= 11 is 0. The Labute approximate surface area is 151 Å². The maximum atomic E-state index is 12.8. The molecule has 1 atom stereocenters. The number of nitrogens with zero attached hydrogens (tertiary/aromatic N) is 3. The van der Waals surface area contributed by atoms with Crippen LogP contribution in [0.1, 0.15) is 17.3 Å². The summed E-state index contributed by atoms with van der Waals surface area (Å²) in [4.78, 5) is 38.8. The highest BCUT2D eigenvalue weighted by atomic mass is 16.5. The number of anilines is 1. The Balaban J connectivity index is 2.12. The molecule has 0 aliphatic carbocycles. The number of hydrogen-bond donors (Lipinski definition) is 1. The summed E-state index contributed by atoms with van der Waals surface area (Å²) in [5.74, 6) is 0.195. The third-order valence-electron chi connectivity index (χ3n) is 4.45. The van der Waals surface area contributed by atoms with Gasteiger partial charge in [0.25, 0.3) is 5.56 Å². The van der Waals surface area contributed by atoms with Gasteiger partial charge < -0.3 is 10.5 Å². The Bertz CT molecular complexity index is 902. The van der Waals surface area contributed by atoms with Crippen molar-refractivity contribution in [3.63, 3.8) is 0 Å². The van der Waals surface area contributed by atoms with Gasteiger partial charge in [0.2, 0.25) is 0 Å². The van der Waals surface area contributed by atoms with Crippen LogP contribution in [0.2, 0.25) is 0 Å². The molecule has 2 rings (SSSR count). The molecule has 0 aliphatic heterocycles. The number of aromatic nitrogens is 2. The lowest BCUT2D eigenvalue weighted by atomic mass is 10.1. The molecule has 0 radical (unpaired) electrons. The molecule has 0 saturated carbocycles. The van der Waals surface area contributed by atoms with Gasteiger partial charge in [-0.15, -0.1) is 0 Å². The van der Waals surface area contributed by atoms with Crippen LogP contribution >= 0.6 is 0 Å². The van der Waals surface area contributed by atoms with Crippen LogP contribution in [0.3, 0.4) is 0 Å². The van der Waals surface area contributed by atoms with E-state index in [4.69, 9.17) is 10.5 Å². The van der Waals surface area contributed by atoms with Gasteiger partial charge in [-0.1, -0.05) is 18.2 Å². The van der Waals surface area contributed by atoms with Crippen LogP contribution < -0.4 is 21.7 Å². The number of rotatable bonds is 7. The number of nitrogen functional groups attached to an aromatic ring is 1.